The van der Waals surface area contributed by atoms with Crippen LogP contribution < -0.4 is 5.32 Å². The molecule has 1 aromatic carbocycles. The summed E-state index contributed by atoms with van der Waals surface area (Å²) in [7, 11) is 1.42. The van der Waals surface area contributed by atoms with Crippen molar-refractivity contribution in [3.63, 3.8) is 0 Å². The average Bonchev–Trinajstić information content (AvgIpc) is 2.86. The van der Waals surface area contributed by atoms with Crippen molar-refractivity contribution in [1.82, 2.24) is 9.97 Å². The molecule has 0 spiro atoms. The lowest BCUT2D eigenvalue weighted by Gasteiger charge is -2.20. The highest BCUT2D eigenvalue weighted by Crippen LogP contribution is 2.39. The lowest BCUT2D eigenvalue weighted by molar-refractivity contribution is -0.146. The lowest BCUT2D eigenvalue weighted by atomic mass is 9.84. The SMILES string of the molecule is COC(=O)C1(C)CNc2cc3nc(C)[nH]c3cc21. The van der Waals surface area contributed by atoms with Gasteiger partial charge in [0, 0.05) is 12.2 Å². The topological polar surface area (TPSA) is 67.0 Å². The summed E-state index contributed by atoms with van der Waals surface area (Å²) in [5, 5.41) is 3.25. The van der Waals surface area contributed by atoms with E-state index in [2.05, 4.69) is 15.3 Å². The van der Waals surface area contributed by atoms with Crippen molar-refractivity contribution in [1.29, 1.82) is 0 Å². The third kappa shape index (κ3) is 1.33. The number of aromatic nitrogens is 2. The first-order valence-electron chi connectivity index (χ1n) is 5.88. The number of benzene rings is 1. The van der Waals surface area contributed by atoms with Crippen LogP contribution in [0.25, 0.3) is 11.0 Å². The van der Waals surface area contributed by atoms with E-state index >= 15 is 0 Å². The summed E-state index contributed by atoms with van der Waals surface area (Å²) in [6, 6.07) is 3.96. The molecule has 0 saturated carbocycles. The summed E-state index contributed by atoms with van der Waals surface area (Å²) in [6.07, 6.45) is 0. The van der Waals surface area contributed by atoms with E-state index in [-0.39, 0.29) is 5.97 Å². The largest absolute Gasteiger partial charge is 0.468 e. The summed E-state index contributed by atoms with van der Waals surface area (Å²) in [6.45, 7) is 4.37. The molecule has 1 unspecified atom stereocenters. The summed E-state index contributed by atoms with van der Waals surface area (Å²) < 4.78 is 4.91. The number of nitrogens with zero attached hydrogens (tertiary/aromatic N) is 1. The normalized spacial score (nSPS) is 21.7. The fraction of sp³-hybridized carbons (Fsp3) is 0.385. The highest BCUT2D eigenvalue weighted by atomic mass is 16.5. The van der Waals surface area contributed by atoms with Crippen LogP contribution in [0, 0.1) is 6.92 Å². The maximum atomic E-state index is 12.0. The zero-order valence-corrected chi connectivity index (χ0v) is 10.6. The number of carbonyl (C=O) groups excluding carboxylic acids is 1. The molecular weight excluding hydrogens is 230 g/mol. The summed E-state index contributed by atoms with van der Waals surface area (Å²) in [5.41, 5.74) is 3.16. The first-order chi connectivity index (χ1) is 8.54. The van der Waals surface area contributed by atoms with E-state index in [9.17, 15) is 4.79 Å². The number of aryl methyl sites for hydroxylation is 1. The number of ether oxygens (including phenoxy) is 1. The van der Waals surface area contributed by atoms with E-state index in [1.54, 1.807) is 0 Å². The quantitative estimate of drug-likeness (QED) is 0.751. The van der Waals surface area contributed by atoms with Crippen molar-refractivity contribution in [3.8, 4) is 0 Å². The molecule has 2 aromatic rings. The van der Waals surface area contributed by atoms with Crippen LogP contribution in [0.5, 0.6) is 0 Å². The second-order valence-electron chi connectivity index (χ2n) is 4.91. The Morgan fingerprint density at radius 3 is 3.00 bits per heavy atom. The van der Waals surface area contributed by atoms with E-state index in [1.807, 2.05) is 26.0 Å². The molecule has 2 heterocycles. The van der Waals surface area contributed by atoms with Crippen LogP contribution in [0.1, 0.15) is 18.3 Å². The third-order valence-electron chi connectivity index (χ3n) is 3.60. The van der Waals surface area contributed by atoms with Crippen molar-refractivity contribution in [3.05, 3.63) is 23.5 Å². The van der Waals surface area contributed by atoms with Gasteiger partial charge in [0.2, 0.25) is 0 Å². The Kier molecular flexibility index (Phi) is 2.14. The molecule has 0 radical (unpaired) electrons. The minimum absolute atomic E-state index is 0.218. The summed E-state index contributed by atoms with van der Waals surface area (Å²) in [5.74, 6) is 0.651. The van der Waals surface area contributed by atoms with Gasteiger partial charge in [-0.15, -0.1) is 0 Å². The highest BCUT2D eigenvalue weighted by molar-refractivity contribution is 5.92. The van der Waals surface area contributed by atoms with Crippen LogP contribution in [0.4, 0.5) is 5.69 Å². The number of imidazole rings is 1. The van der Waals surface area contributed by atoms with Crippen LogP contribution in [0.15, 0.2) is 12.1 Å². The van der Waals surface area contributed by atoms with Crippen molar-refractivity contribution < 1.29 is 9.53 Å². The van der Waals surface area contributed by atoms with Gasteiger partial charge in [-0.25, -0.2) is 4.98 Å². The molecule has 1 aliphatic rings. The Balaban J connectivity index is 2.21. The first kappa shape index (κ1) is 11.1. The molecule has 1 atom stereocenters. The maximum absolute atomic E-state index is 12.0. The van der Waals surface area contributed by atoms with Gasteiger partial charge in [0.05, 0.1) is 18.1 Å². The van der Waals surface area contributed by atoms with Crippen molar-refractivity contribution in [2.45, 2.75) is 19.3 Å². The van der Waals surface area contributed by atoms with E-state index in [1.165, 1.54) is 7.11 Å². The summed E-state index contributed by atoms with van der Waals surface area (Å²) >= 11 is 0. The van der Waals surface area contributed by atoms with Gasteiger partial charge in [0.25, 0.3) is 0 Å². The number of methoxy groups -OCH3 is 1. The zero-order chi connectivity index (χ0) is 12.9. The van der Waals surface area contributed by atoms with Gasteiger partial charge in [-0.3, -0.25) is 4.79 Å². The number of rotatable bonds is 1. The van der Waals surface area contributed by atoms with Gasteiger partial charge >= 0.3 is 5.97 Å². The second-order valence-corrected chi connectivity index (χ2v) is 4.91. The number of aromatic amines is 1. The van der Waals surface area contributed by atoms with Gasteiger partial charge in [-0.05, 0) is 31.5 Å². The van der Waals surface area contributed by atoms with Crippen LogP contribution in [0.2, 0.25) is 0 Å². The Labute approximate surface area is 105 Å². The molecule has 94 valence electrons. The van der Waals surface area contributed by atoms with Crippen molar-refractivity contribution >= 4 is 22.7 Å². The highest BCUT2D eigenvalue weighted by Gasteiger charge is 2.42. The van der Waals surface area contributed by atoms with Crippen LogP contribution in [0.3, 0.4) is 0 Å². The minimum atomic E-state index is -0.628. The standard InChI is InChI=1S/C13H15N3O2/c1-7-15-10-4-8-9(5-11(10)16-7)14-6-13(8,2)12(17)18-3/h4-5,14H,6H2,1-3H3,(H,15,16). The second kappa shape index (κ2) is 3.48. The number of nitrogens with one attached hydrogen (secondary N) is 2. The number of esters is 1. The van der Waals surface area contributed by atoms with Crippen molar-refractivity contribution in [2.75, 3.05) is 19.0 Å². The number of anilines is 1. The number of hydrogen-bond acceptors (Lipinski definition) is 4. The molecule has 1 aliphatic heterocycles. The molecule has 0 bridgehead atoms. The molecule has 0 amide bonds. The van der Waals surface area contributed by atoms with Crippen LogP contribution >= 0.6 is 0 Å². The van der Waals surface area contributed by atoms with E-state index in [0.29, 0.717) is 6.54 Å². The van der Waals surface area contributed by atoms with Crippen LogP contribution in [-0.4, -0.2) is 29.6 Å². The Morgan fingerprint density at radius 2 is 2.28 bits per heavy atom. The Bertz CT molecular complexity index is 647. The Hall–Kier alpha value is -2.04. The molecule has 1 aromatic heterocycles. The third-order valence-corrected chi connectivity index (χ3v) is 3.60. The lowest BCUT2D eigenvalue weighted by Crippen LogP contribution is -2.35. The predicted octanol–water partition coefficient (Wildman–Crippen LogP) is 1.73. The monoisotopic (exact) mass is 245 g/mol. The molecule has 0 fully saturated rings. The van der Waals surface area contributed by atoms with Gasteiger partial charge in [0.1, 0.15) is 11.2 Å². The minimum Gasteiger partial charge on any atom is -0.468 e. The average molecular weight is 245 g/mol. The first-order valence-corrected chi connectivity index (χ1v) is 5.88. The molecule has 2 N–H and O–H groups in total. The maximum Gasteiger partial charge on any atom is 0.317 e. The molecular formula is C13H15N3O2. The number of H-pyrrole nitrogens is 1. The molecule has 0 aliphatic carbocycles. The Morgan fingerprint density at radius 1 is 1.50 bits per heavy atom. The van der Waals surface area contributed by atoms with Gasteiger partial charge in [0.15, 0.2) is 0 Å². The fourth-order valence-electron chi connectivity index (χ4n) is 2.56. The van der Waals surface area contributed by atoms with E-state index in [4.69, 9.17) is 4.74 Å². The van der Waals surface area contributed by atoms with E-state index in [0.717, 1.165) is 28.1 Å². The van der Waals surface area contributed by atoms with Gasteiger partial charge in [-0.1, -0.05) is 0 Å². The molecule has 18 heavy (non-hydrogen) atoms. The molecule has 5 heteroatoms. The summed E-state index contributed by atoms with van der Waals surface area (Å²) in [4.78, 5) is 19.5. The number of hydrogen-bond donors (Lipinski definition) is 2. The van der Waals surface area contributed by atoms with Gasteiger partial charge < -0.3 is 15.0 Å². The van der Waals surface area contributed by atoms with E-state index < -0.39 is 5.41 Å². The molecule has 3 rings (SSSR count). The fourth-order valence-corrected chi connectivity index (χ4v) is 2.56. The number of carbonyl (C=O) groups is 1. The number of fused-ring (bicyclic) bond motifs is 2. The van der Waals surface area contributed by atoms with Crippen LogP contribution in [-0.2, 0) is 14.9 Å². The molecule has 0 saturated heterocycles. The smallest absolute Gasteiger partial charge is 0.317 e. The van der Waals surface area contributed by atoms with Crippen molar-refractivity contribution in [2.24, 2.45) is 0 Å². The zero-order valence-electron chi connectivity index (χ0n) is 10.6. The predicted molar refractivity (Wildman–Crippen MR) is 68.7 cm³/mol. The molecule has 5 nitrogen and oxygen atoms in total. The van der Waals surface area contributed by atoms with Gasteiger partial charge in [-0.2, -0.15) is 0 Å².